The molecular formula is C15H19BrN2O4. The molecule has 0 heterocycles. The lowest BCUT2D eigenvalue weighted by Gasteiger charge is -2.14. The van der Waals surface area contributed by atoms with Gasteiger partial charge in [-0.25, -0.2) is 0 Å². The minimum absolute atomic E-state index is 0.127. The van der Waals surface area contributed by atoms with Gasteiger partial charge in [-0.05, 0) is 35.3 Å². The SMILES string of the molecule is CCOc1cc(C#N)cc(Br)c1OCC(=O)NCCCOC. The number of nitrogens with zero attached hydrogens (tertiary/aromatic N) is 1. The molecule has 1 rings (SSSR count). The first kappa shape index (κ1) is 18.3. The van der Waals surface area contributed by atoms with Crippen LogP contribution in [-0.2, 0) is 9.53 Å². The van der Waals surface area contributed by atoms with E-state index in [0.717, 1.165) is 6.42 Å². The normalized spacial score (nSPS) is 9.91. The molecule has 0 saturated carbocycles. The zero-order valence-corrected chi connectivity index (χ0v) is 14.2. The van der Waals surface area contributed by atoms with Crippen LogP contribution in [0, 0.1) is 11.3 Å². The summed E-state index contributed by atoms with van der Waals surface area (Å²) in [6.07, 6.45) is 0.743. The molecule has 0 unspecified atom stereocenters. The summed E-state index contributed by atoms with van der Waals surface area (Å²) in [4.78, 5) is 11.7. The molecule has 1 aromatic rings. The van der Waals surface area contributed by atoms with Gasteiger partial charge in [0.2, 0.25) is 0 Å². The molecule has 0 aromatic heterocycles. The van der Waals surface area contributed by atoms with Crippen molar-refractivity contribution in [1.82, 2.24) is 5.32 Å². The van der Waals surface area contributed by atoms with Crippen LogP contribution < -0.4 is 14.8 Å². The molecule has 6 nitrogen and oxygen atoms in total. The van der Waals surface area contributed by atoms with E-state index in [1.54, 1.807) is 19.2 Å². The van der Waals surface area contributed by atoms with Crippen LogP contribution in [0.1, 0.15) is 18.9 Å². The van der Waals surface area contributed by atoms with Crippen molar-refractivity contribution in [3.63, 3.8) is 0 Å². The Morgan fingerprint density at radius 3 is 2.82 bits per heavy atom. The maximum atomic E-state index is 11.7. The van der Waals surface area contributed by atoms with Crippen LogP contribution in [-0.4, -0.2) is 39.4 Å². The zero-order chi connectivity index (χ0) is 16.4. The highest BCUT2D eigenvalue weighted by atomic mass is 79.9. The van der Waals surface area contributed by atoms with Crippen LogP contribution in [0.2, 0.25) is 0 Å². The lowest BCUT2D eigenvalue weighted by molar-refractivity contribution is -0.123. The van der Waals surface area contributed by atoms with Crippen LogP contribution in [0.5, 0.6) is 11.5 Å². The molecule has 0 atom stereocenters. The smallest absolute Gasteiger partial charge is 0.257 e. The molecule has 0 spiro atoms. The fourth-order valence-corrected chi connectivity index (χ4v) is 2.23. The van der Waals surface area contributed by atoms with Crippen molar-refractivity contribution in [2.24, 2.45) is 0 Å². The topological polar surface area (TPSA) is 80.6 Å². The number of halogens is 1. The van der Waals surface area contributed by atoms with Gasteiger partial charge in [-0.2, -0.15) is 5.26 Å². The largest absolute Gasteiger partial charge is 0.490 e. The number of hydrogen-bond acceptors (Lipinski definition) is 5. The minimum atomic E-state index is -0.227. The number of methoxy groups -OCH3 is 1. The lowest BCUT2D eigenvalue weighted by atomic mass is 10.2. The molecule has 0 radical (unpaired) electrons. The zero-order valence-electron chi connectivity index (χ0n) is 12.6. The van der Waals surface area contributed by atoms with Gasteiger partial charge >= 0.3 is 0 Å². The van der Waals surface area contributed by atoms with Crippen molar-refractivity contribution in [2.45, 2.75) is 13.3 Å². The third-order valence-corrected chi connectivity index (χ3v) is 3.22. The van der Waals surface area contributed by atoms with Gasteiger partial charge in [0.1, 0.15) is 0 Å². The van der Waals surface area contributed by atoms with Gasteiger partial charge in [-0.3, -0.25) is 4.79 Å². The number of ether oxygens (including phenoxy) is 3. The Labute approximate surface area is 138 Å². The summed E-state index contributed by atoms with van der Waals surface area (Å²) in [5.74, 6) is 0.614. The van der Waals surface area contributed by atoms with Crippen LogP contribution >= 0.6 is 15.9 Å². The van der Waals surface area contributed by atoms with Crippen LogP contribution in [0.15, 0.2) is 16.6 Å². The standard InChI is InChI=1S/C15H19BrN2O4/c1-3-21-13-8-11(9-17)7-12(16)15(13)22-10-14(19)18-5-4-6-20-2/h7-8H,3-6,10H2,1-2H3,(H,18,19). The number of nitriles is 1. The van der Waals surface area contributed by atoms with E-state index in [2.05, 4.69) is 21.2 Å². The van der Waals surface area contributed by atoms with Crippen LogP contribution in [0.25, 0.3) is 0 Å². The van der Waals surface area contributed by atoms with Gasteiger partial charge in [0.15, 0.2) is 18.1 Å². The summed E-state index contributed by atoms with van der Waals surface area (Å²) in [6.45, 7) is 3.26. The summed E-state index contributed by atoms with van der Waals surface area (Å²) in [5, 5.41) is 11.7. The molecule has 1 aromatic carbocycles. The van der Waals surface area contributed by atoms with Gasteiger partial charge < -0.3 is 19.5 Å². The number of carbonyl (C=O) groups excluding carboxylic acids is 1. The first-order valence-corrected chi connectivity index (χ1v) is 7.66. The van der Waals surface area contributed by atoms with Gasteiger partial charge in [-0.1, -0.05) is 0 Å². The Bertz CT molecular complexity index is 543. The van der Waals surface area contributed by atoms with Gasteiger partial charge in [0, 0.05) is 26.3 Å². The third-order valence-electron chi connectivity index (χ3n) is 2.63. The predicted molar refractivity (Wildman–Crippen MR) is 85.0 cm³/mol. The van der Waals surface area contributed by atoms with E-state index in [-0.39, 0.29) is 12.5 Å². The third kappa shape index (κ3) is 5.92. The molecule has 0 aliphatic heterocycles. The van der Waals surface area contributed by atoms with E-state index >= 15 is 0 Å². The highest BCUT2D eigenvalue weighted by molar-refractivity contribution is 9.10. The predicted octanol–water partition coefficient (Wildman–Crippen LogP) is 2.25. The molecular weight excluding hydrogens is 352 g/mol. The van der Waals surface area contributed by atoms with Crippen molar-refractivity contribution in [3.8, 4) is 17.6 Å². The average molecular weight is 371 g/mol. The molecule has 0 saturated heterocycles. The van der Waals surface area contributed by atoms with E-state index in [4.69, 9.17) is 19.5 Å². The van der Waals surface area contributed by atoms with Gasteiger partial charge in [-0.15, -0.1) is 0 Å². The Morgan fingerprint density at radius 1 is 1.41 bits per heavy atom. The summed E-state index contributed by atoms with van der Waals surface area (Å²) < 4.78 is 16.4. The number of rotatable bonds is 9. The molecule has 1 N–H and O–H groups in total. The second kappa shape index (κ2) is 10.0. The summed E-state index contributed by atoms with van der Waals surface area (Å²) in [6, 6.07) is 5.24. The minimum Gasteiger partial charge on any atom is -0.490 e. The molecule has 1 amide bonds. The maximum absolute atomic E-state index is 11.7. The second-order valence-corrected chi connectivity index (χ2v) is 5.17. The Morgan fingerprint density at radius 2 is 2.18 bits per heavy atom. The van der Waals surface area contributed by atoms with Crippen LogP contribution in [0.4, 0.5) is 0 Å². The molecule has 120 valence electrons. The van der Waals surface area contributed by atoms with E-state index < -0.39 is 0 Å². The van der Waals surface area contributed by atoms with Gasteiger partial charge in [0.25, 0.3) is 5.91 Å². The van der Waals surface area contributed by atoms with E-state index in [1.807, 2.05) is 13.0 Å². The van der Waals surface area contributed by atoms with Crippen molar-refractivity contribution in [1.29, 1.82) is 5.26 Å². The van der Waals surface area contributed by atoms with Crippen LogP contribution in [0.3, 0.4) is 0 Å². The molecule has 22 heavy (non-hydrogen) atoms. The van der Waals surface area contributed by atoms with E-state index in [0.29, 0.717) is 41.3 Å². The quantitative estimate of drug-likeness (QED) is 0.674. The molecule has 0 bridgehead atoms. The van der Waals surface area contributed by atoms with E-state index in [9.17, 15) is 4.79 Å². The van der Waals surface area contributed by atoms with Gasteiger partial charge in [0.05, 0.1) is 22.7 Å². The summed E-state index contributed by atoms with van der Waals surface area (Å²) in [5.41, 5.74) is 0.451. The second-order valence-electron chi connectivity index (χ2n) is 4.32. The van der Waals surface area contributed by atoms with E-state index in [1.165, 1.54) is 0 Å². The number of carbonyl (C=O) groups is 1. The Hall–Kier alpha value is -1.78. The average Bonchev–Trinajstić information content (AvgIpc) is 2.50. The monoisotopic (exact) mass is 370 g/mol. The number of nitrogens with one attached hydrogen (secondary N) is 1. The van der Waals surface area contributed by atoms with Crippen molar-refractivity contribution < 1.29 is 19.0 Å². The Kier molecular flexibility index (Phi) is 8.33. The highest BCUT2D eigenvalue weighted by Crippen LogP contribution is 2.36. The fraction of sp³-hybridized carbons (Fsp3) is 0.467. The molecule has 0 aliphatic carbocycles. The fourth-order valence-electron chi connectivity index (χ4n) is 1.67. The number of hydrogen-bond donors (Lipinski definition) is 1. The molecule has 0 fully saturated rings. The highest BCUT2D eigenvalue weighted by Gasteiger charge is 2.14. The molecule has 0 aliphatic rings. The number of benzene rings is 1. The molecule has 7 heteroatoms. The number of amides is 1. The van der Waals surface area contributed by atoms with Crippen molar-refractivity contribution >= 4 is 21.8 Å². The Balaban J connectivity index is 2.64. The van der Waals surface area contributed by atoms with Crippen molar-refractivity contribution in [3.05, 3.63) is 22.2 Å². The first-order chi connectivity index (χ1) is 10.6. The summed E-state index contributed by atoms with van der Waals surface area (Å²) in [7, 11) is 1.61. The van der Waals surface area contributed by atoms with Crippen molar-refractivity contribution in [2.75, 3.05) is 33.5 Å². The first-order valence-electron chi connectivity index (χ1n) is 6.87. The lowest BCUT2D eigenvalue weighted by Crippen LogP contribution is -2.30. The maximum Gasteiger partial charge on any atom is 0.257 e. The summed E-state index contributed by atoms with van der Waals surface area (Å²) >= 11 is 3.33.